The Labute approximate surface area is 136 Å². The van der Waals surface area contributed by atoms with Crippen molar-refractivity contribution in [3.8, 4) is 0 Å². The smallest absolute Gasteiger partial charge is 0.257 e. The zero-order valence-corrected chi connectivity index (χ0v) is 13.5. The minimum absolute atomic E-state index is 0.171. The molecule has 0 aliphatic rings. The second kappa shape index (κ2) is 5.17. The van der Waals surface area contributed by atoms with Crippen LogP contribution in [0.4, 0.5) is 5.13 Å². The Bertz CT molecular complexity index is 1050. The summed E-state index contributed by atoms with van der Waals surface area (Å²) in [6, 6.07) is 9.57. The first-order valence-corrected chi connectivity index (χ1v) is 8.04. The van der Waals surface area contributed by atoms with Crippen molar-refractivity contribution < 1.29 is 4.79 Å². The van der Waals surface area contributed by atoms with Gasteiger partial charge in [0.25, 0.3) is 5.91 Å². The average molecular weight is 322 g/mol. The van der Waals surface area contributed by atoms with E-state index in [0.29, 0.717) is 10.7 Å². The normalized spacial score (nSPS) is 11.2. The zero-order chi connectivity index (χ0) is 16.0. The molecular formula is C17H14N4OS. The zero-order valence-electron chi connectivity index (χ0n) is 12.7. The molecule has 1 amide bonds. The molecule has 114 valence electrons. The summed E-state index contributed by atoms with van der Waals surface area (Å²) in [6.45, 7) is 4.09. The molecule has 0 fully saturated rings. The summed E-state index contributed by atoms with van der Waals surface area (Å²) in [6.07, 6.45) is 1.62. The minimum Gasteiger partial charge on any atom is -0.345 e. The fourth-order valence-corrected chi connectivity index (χ4v) is 3.71. The van der Waals surface area contributed by atoms with Gasteiger partial charge in [0, 0.05) is 5.56 Å². The largest absolute Gasteiger partial charge is 0.345 e. The van der Waals surface area contributed by atoms with Crippen LogP contribution in [0.2, 0.25) is 0 Å². The minimum atomic E-state index is -0.171. The van der Waals surface area contributed by atoms with Crippen LogP contribution in [0, 0.1) is 13.8 Å². The summed E-state index contributed by atoms with van der Waals surface area (Å²) < 4.78 is 1.09. The number of hydrogen-bond donors (Lipinski definition) is 2. The van der Waals surface area contributed by atoms with E-state index in [-0.39, 0.29) is 5.91 Å². The van der Waals surface area contributed by atoms with Crippen LogP contribution in [0.3, 0.4) is 0 Å². The fourth-order valence-electron chi connectivity index (χ4n) is 2.67. The first-order chi connectivity index (χ1) is 11.1. The molecule has 0 bridgehead atoms. The molecule has 5 nitrogen and oxygen atoms in total. The fraction of sp³-hybridized carbons (Fsp3) is 0.118. The molecule has 4 aromatic rings. The molecule has 2 aromatic heterocycles. The Morgan fingerprint density at radius 1 is 1.22 bits per heavy atom. The van der Waals surface area contributed by atoms with E-state index < -0.39 is 0 Å². The molecule has 0 aliphatic heterocycles. The quantitative estimate of drug-likeness (QED) is 0.585. The summed E-state index contributed by atoms with van der Waals surface area (Å²) >= 11 is 1.49. The van der Waals surface area contributed by atoms with Gasteiger partial charge in [-0.25, -0.2) is 9.97 Å². The summed E-state index contributed by atoms with van der Waals surface area (Å²) in [5.74, 6) is -0.171. The lowest BCUT2D eigenvalue weighted by atomic mass is 10.1. The number of amides is 1. The summed E-state index contributed by atoms with van der Waals surface area (Å²) in [7, 11) is 0. The maximum atomic E-state index is 12.4. The Balaban J connectivity index is 1.66. The Morgan fingerprint density at radius 3 is 2.96 bits per heavy atom. The van der Waals surface area contributed by atoms with E-state index in [4.69, 9.17) is 0 Å². The third-order valence-electron chi connectivity index (χ3n) is 3.73. The molecule has 2 N–H and O–H groups in total. The molecule has 0 unspecified atom stereocenters. The highest BCUT2D eigenvalue weighted by molar-refractivity contribution is 7.22. The molecule has 0 atom stereocenters. The third-order valence-corrected chi connectivity index (χ3v) is 4.65. The SMILES string of the molecule is Cc1cc(C)c2nc(NC(=O)c3ccc4nc[nH]c4c3)sc2c1. The average Bonchev–Trinajstić information content (AvgIpc) is 3.12. The second-order valence-electron chi connectivity index (χ2n) is 5.54. The lowest BCUT2D eigenvalue weighted by Crippen LogP contribution is -2.11. The van der Waals surface area contributed by atoms with Crippen LogP contribution >= 0.6 is 11.3 Å². The number of nitrogens with zero attached hydrogens (tertiary/aromatic N) is 2. The molecule has 0 saturated heterocycles. The summed E-state index contributed by atoms with van der Waals surface area (Å²) in [5, 5.41) is 3.50. The van der Waals surface area contributed by atoms with Gasteiger partial charge in [-0.1, -0.05) is 17.4 Å². The predicted octanol–water partition coefficient (Wildman–Crippen LogP) is 4.04. The molecule has 2 aromatic carbocycles. The maximum Gasteiger partial charge on any atom is 0.257 e. The first-order valence-electron chi connectivity index (χ1n) is 7.22. The molecule has 23 heavy (non-hydrogen) atoms. The van der Waals surface area contributed by atoms with Crippen molar-refractivity contribution in [1.82, 2.24) is 15.0 Å². The van der Waals surface area contributed by atoms with E-state index in [0.717, 1.165) is 26.8 Å². The lowest BCUT2D eigenvalue weighted by Gasteiger charge is -2.01. The van der Waals surface area contributed by atoms with Crippen molar-refractivity contribution in [2.45, 2.75) is 13.8 Å². The lowest BCUT2D eigenvalue weighted by molar-refractivity contribution is 0.102. The van der Waals surface area contributed by atoms with Gasteiger partial charge in [-0.2, -0.15) is 0 Å². The van der Waals surface area contributed by atoms with Gasteiger partial charge in [0.15, 0.2) is 5.13 Å². The van der Waals surface area contributed by atoms with Crippen LogP contribution in [-0.2, 0) is 0 Å². The molecular weight excluding hydrogens is 308 g/mol. The molecule has 6 heteroatoms. The number of fused-ring (bicyclic) bond motifs is 2. The van der Waals surface area contributed by atoms with Gasteiger partial charge in [-0.15, -0.1) is 0 Å². The number of H-pyrrole nitrogens is 1. The standard InChI is InChI=1S/C17H14N4OS/c1-9-5-10(2)15-14(6-9)23-17(20-15)21-16(22)11-3-4-12-13(7-11)19-8-18-12/h3-8H,1-2H3,(H,18,19)(H,20,21,22). The van der Waals surface area contributed by atoms with E-state index in [1.54, 1.807) is 18.5 Å². The van der Waals surface area contributed by atoms with Gasteiger partial charge in [-0.3, -0.25) is 10.1 Å². The van der Waals surface area contributed by atoms with E-state index in [1.165, 1.54) is 16.9 Å². The second-order valence-corrected chi connectivity index (χ2v) is 6.57. The van der Waals surface area contributed by atoms with Gasteiger partial charge in [0.2, 0.25) is 0 Å². The van der Waals surface area contributed by atoms with Gasteiger partial charge < -0.3 is 4.98 Å². The summed E-state index contributed by atoms with van der Waals surface area (Å²) in [5.41, 5.74) is 5.52. The molecule has 2 heterocycles. The molecule has 0 saturated carbocycles. The van der Waals surface area contributed by atoms with E-state index >= 15 is 0 Å². The Kier molecular flexibility index (Phi) is 3.12. The van der Waals surface area contributed by atoms with Crippen LogP contribution in [0.5, 0.6) is 0 Å². The number of hydrogen-bond acceptors (Lipinski definition) is 4. The van der Waals surface area contributed by atoms with Crippen molar-refractivity contribution in [3.63, 3.8) is 0 Å². The van der Waals surface area contributed by atoms with Crippen molar-refractivity contribution in [1.29, 1.82) is 0 Å². The van der Waals surface area contributed by atoms with E-state index in [1.807, 2.05) is 13.0 Å². The summed E-state index contributed by atoms with van der Waals surface area (Å²) in [4.78, 5) is 24.1. The van der Waals surface area contributed by atoms with Gasteiger partial charge in [-0.05, 0) is 49.2 Å². The Morgan fingerprint density at radius 2 is 2.09 bits per heavy atom. The molecule has 4 rings (SSSR count). The van der Waals surface area contributed by atoms with Gasteiger partial charge in [0.05, 0.1) is 27.6 Å². The number of carbonyl (C=O) groups excluding carboxylic acids is 1. The van der Waals surface area contributed by atoms with Gasteiger partial charge in [0.1, 0.15) is 0 Å². The van der Waals surface area contributed by atoms with Crippen LogP contribution in [0.25, 0.3) is 21.3 Å². The van der Waals surface area contributed by atoms with E-state index in [9.17, 15) is 4.79 Å². The van der Waals surface area contributed by atoms with Crippen molar-refractivity contribution in [2.75, 3.05) is 5.32 Å². The third kappa shape index (κ3) is 2.47. The number of imidazole rings is 1. The first kappa shape index (κ1) is 13.9. The topological polar surface area (TPSA) is 70.7 Å². The number of aromatic nitrogens is 3. The van der Waals surface area contributed by atoms with Crippen molar-refractivity contribution >= 4 is 43.6 Å². The molecule has 0 radical (unpaired) electrons. The van der Waals surface area contributed by atoms with Gasteiger partial charge >= 0.3 is 0 Å². The molecule has 0 aliphatic carbocycles. The van der Waals surface area contributed by atoms with Crippen molar-refractivity contribution in [2.24, 2.45) is 0 Å². The van der Waals surface area contributed by atoms with Crippen molar-refractivity contribution in [3.05, 3.63) is 53.3 Å². The van der Waals surface area contributed by atoms with Crippen LogP contribution in [-0.4, -0.2) is 20.9 Å². The number of anilines is 1. The number of aromatic amines is 1. The highest BCUT2D eigenvalue weighted by Gasteiger charge is 2.12. The number of carbonyl (C=O) groups is 1. The van der Waals surface area contributed by atoms with Crippen LogP contribution in [0.1, 0.15) is 21.5 Å². The highest BCUT2D eigenvalue weighted by atomic mass is 32.1. The van der Waals surface area contributed by atoms with Crippen LogP contribution in [0.15, 0.2) is 36.7 Å². The molecule has 0 spiro atoms. The predicted molar refractivity (Wildman–Crippen MR) is 93.1 cm³/mol. The monoisotopic (exact) mass is 322 g/mol. The van der Waals surface area contributed by atoms with E-state index in [2.05, 4.69) is 39.3 Å². The maximum absolute atomic E-state index is 12.4. The number of benzene rings is 2. The number of aryl methyl sites for hydroxylation is 2. The van der Waals surface area contributed by atoms with Crippen LogP contribution < -0.4 is 5.32 Å². The number of thiazole rings is 1. The number of nitrogens with one attached hydrogen (secondary N) is 2. The number of rotatable bonds is 2. The highest BCUT2D eigenvalue weighted by Crippen LogP contribution is 2.29. The Hall–Kier alpha value is -2.73.